The van der Waals surface area contributed by atoms with E-state index in [-0.39, 0.29) is 5.75 Å². The van der Waals surface area contributed by atoms with E-state index >= 15 is 0 Å². The first-order valence-corrected chi connectivity index (χ1v) is 4.27. The Hall–Kier alpha value is -0.130. The molecule has 0 bridgehead atoms. The lowest BCUT2D eigenvalue weighted by Gasteiger charge is -2.03. The standard InChI is InChI=1S/C4H11NO3S/c1-2-4(5)3-9(6,7)8/h4H,2-3,5H2,1H3,(H,6,7,8)/t4-/m1/s1. The second kappa shape index (κ2) is 3.14. The summed E-state index contributed by atoms with van der Waals surface area (Å²) in [5.41, 5.74) is 5.22. The van der Waals surface area contributed by atoms with Crippen molar-refractivity contribution >= 4 is 10.1 Å². The van der Waals surface area contributed by atoms with Crippen LogP contribution < -0.4 is 5.73 Å². The molecule has 0 unspecified atom stereocenters. The number of nitrogens with two attached hydrogens (primary N) is 1. The van der Waals surface area contributed by atoms with Crippen LogP contribution in [0.25, 0.3) is 0 Å². The molecule has 56 valence electrons. The van der Waals surface area contributed by atoms with Crippen LogP contribution in [-0.4, -0.2) is 24.8 Å². The third-order valence-corrected chi connectivity index (χ3v) is 1.80. The molecular formula is C4H11NO3S. The van der Waals surface area contributed by atoms with E-state index in [0.29, 0.717) is 6.42 Å². The van der Waals surface area contributed by atoms with E-state index in [1.54, 1.807) is 6.92 Å². The van der Waals surface area contributed by atoms with E-state index in [9.17, 15) is 8.42 Å². The van der Waals surface area contributed by atoms with Gasteiger partial charge in [-0.1, -0.05) is 6.92 Å². The molecule has 1 atom stereocenters. The van der Waals surface area contributed by atoms with Crippen molar-refractivity contribution in [2.75, 3.05) is 5.75 Å². The smallest absolute Gasteiger partial charge is 0.266 e. The highest BCUT2D eigenvalue weighted by Gasteiger charge is 2.09. The maximum Gasteiger partial charge on any atom is 0.266 e. The van der Waals surface area contributed by atoms with Gasteiger partial charge in [-0.2, -0.15) is 8.42 Å². The Morgan fingerprint density at radius 3 is 2.22 bits per heavy atom. The van der Waals surface area contributed by atoms with Gasteiger partial charge >= 0.3 is 0 Å². The molecule has 0 saturated carbocycles. The zero-order chi connectivity index (χ0) is 7.49. The highest BCUT2D eigenvalue weighted by Crippen LogP contribution is 1.90. The summed E-state index contributed by atoms with van der Waals surface area (Å²) in [6.07, 6.45) is 0.555. The van der Waals surface area contributed by atoms with Gasteiger partial charge in [0, 0.05) is 6.04 Å². The van der Waals surface area contributed by atoms with Crippen molar-refractivity contribution in [3.05, 3.63) is 0 Å². The Kier molecular flexibility index (Phi) is 3.10. The fourth-order valence-corrected chi connectivity index (χ4v) is 1.17. The van der Waals surface area contributed by atoms with Crippen molar-refractivity contribution in [2.24, 2.45) is 5.73 Å². The van der Waals surface area contributed by atoms with Crippen molar-refractivity contribution in [3.8, 4) is 0 Å². The van der Waals surface area contributed by atoms with Crippen LogP contribution in [-0.2, 0) is 10.1 Å². The van der Waals surface area contributed by atoms with E-state index < -0.39 is 16.2 Å². The van der Waals surface area contributed by atoms with E-state index in [1.165, 1.54) is 0 Å². The van der Waals surface area contributed by atoms with Gasteiger partial charge in [-0.05, 0) is 6.42 Å². The minimum Gasteiger partial charge on any atom is -0.327 e. The van der Waals surface area contributed by atoms with E-state index in [4.69, 9.17) is 10.3 Å². The van der Waals surface area contributed by atoms with Crippen molar-refractivity contribution in [1.82, 2.24) is 0 Å². The molecule has 0 rings (SSSR count). The van der Waals surface area contributed by atoms with Crippen molar-refractivity contribution < 1.29 is 13.0 Å². The fraction of sp³-hybridized carbons (Fsp3) is 1.00. The number of hydrogen-bond acceptors (Lipinski definition) is 3. The van der Waals surface area contributed by atoms with Gasteiger partial charge in [-0.25, -0.2) is 0 Å². The molecule has 0 aliphatic carbocycles. The van der Waals surface area contributed by atoms with Crippen LogP contribution in [0.3, 0.4) is 0 Å². The van der Waals surface area contributed by atoms with Gasteiger partial charge in [0.1, 0.15) is 0 Å². The lowest BCUT2D eigenvalue weighted by atomic mass is 10.3. The fourth-order valence-electron chi connectivity index (χ4n) is 0.388. The maximum absolute atomic E-state index is 10.1. The SMILES string of the molecule is CC[C@@H](N)CS(=O)(=O)O. The van der Waals surface area contributed by atoms with E-state index in [1.807, 2.05) is 0 Å². The van der Waals surface area contributed by atoms with E-state index in [0.717, 1.165) is 0 Å². The molecule has 0 radical (unpaired) electrons. The monoisotopic (exact) mass is 153 g/mol. The molecule has 3 N–H and O–H groups in total. The molecule has 0 fully saturated rings. The Bertz CT molecular complexity index is 163. The Balaban J connectivity index is 3.75. The topological polar surface area (TPSA) is 80.4 Å². The van der Waals surface area contributed by atoms with Crippen molar-refractivity contribution in [3.63, 3.8) is 0 Å². The van der Waals surface area contributed by atoms with Gasteiger partial charge in [0.15, 0.2) is 0 Å². The third-order valence-electron chi connectivity index (χ3n) is 0.949. The van der Waals surface area contributed by atoms with E-state index in [2.05, 4.69) is 0 Å². The zero-order valence-electron chi connectivity index (χ0n) is 5.24. The predicted molar refractivity (Wildman–Crippen MR) is 34.7 cm³/mol. The molecule has 0 aliphatic heterocycles. The van der Waals surface area contributed by atoms with Gasteiger partial charge in [-0.3, -0.25) is 4.55 Å². The average molecular weight is 153 g/mol. The molecule has 4 nitrogen and oxygen atoms in total. The molecule has 0 amide bonds. The highest BCUT2D eigenvalue weighted by atomic mass is 32.2. The predicted octanol–water partition coefficient (Wildman–Crippen LogP) is -0.388. The molecular weight excluding hydrogens is 142 g/mol. The third kappa shape index (κ3) is 5.75. The zero-order valence-corrected chi connectivity index (χ0v) is 6.06. The molecule has 0 aromatic rings. The first-order valence-electron chi connectivity index (χ1n) is 2.66. The van der Waals surface area contributed by atoms with Gasteiger partial charge in [0.25, 0.3) is 10.1 Å². The van der Waals surface area contributed by atoms with Gasteiger partial charge in [0.05, 0.1) is 5.75 Å². The highest BCUT2D eigenvalue weighted by molar-refractivity contribution is 7.85. The van der Waals surface area contributed by atoms with Gasteiger partial charge < -0.3 is 5.73 Å². The molecule has 0 saturated heterocycles. The van der Waals surface area contributed by atoms with Gasteiger partial charge in [0.2, 0.25) is 0 Å². The normalized spacial score (nSPS) is 15.4. The minimum atomic E-state index is -3.86. The van der Waals surface area contributed by atoms with Crippen LogP contribution >= 0.6 is 0 Å². The summed E-state index contributed by atoms with van der Waals surface area (Å²) >= 11 is 0. The Morgan fingerprint density at radius 1 is 1.67 bits per heavy atom. The lowest BCUT2D eigenvalue weighted by Crippen LogP contribution is -2.28. The molecule has 0 aromatic heterocycles. The summed E-state index contributed by atoms with van der Waals surface area (Å²) in [4.78, 5) is 0. The maximum atomic E-state index is 10.1. The summed E-state index contributed by atoms with van der Waals surface area (Å²) in [5, 5.41) is 0. The molecule has 0 heterocycles. The van der Waals surface area contributed by atoms with Crippen LogP contribution in [0, 0.1) is 0 Å². The summed E-state index contributed by atoms with van der Waals surface area (Å²) < 4.78 is 28.4. The number of hydrogen-bond donors (Lipinski definition) is 2. The lowest BCUT2D eigenvalue weighted by molar-refractivity contribution is 0.475. The van der Waals surface area contributed by atoms with Crippen LogP contribution in [0.15, 0.2) is 0 Å². The Morgan fingerprint density at radius 2 is 2.11 bits per heavy atom. The average Bonchev–Trinajstić information content (AvgIpc) is 1.62. The first-order chi connectivity index (χ1) is 3.95. The quantitative estimate of drug-likeness (QED) is 0.541. The Labute approximate surface area is 54.8 Å². The molecule has 5 heteroatoms. The van der Waals surface area contributed by atoms with Crippen LogP contribution in [0.5, 0.6) is 0 Å². The summed E-state index contributed by atoms with van der Waals surface area (Å²) in [5.74, 6) is -0.344. The second-order valence-corrected chi connectivity index (χ2v) is 3.41. The second-order valence-electron chi connectivity index (χ2n) is 1.92. The van der Waals surface area contributed by atoms with Crippen LogP contribution in [0.2, 0.25) is 0 Å². The molecule has 9 heavy (non-hydrogen) atoms. The van der Waals surface area contributed by atoms with Crippen LogP contribution in [0.4, 0.5) is 0 Å². The minimum absolute atomic E-state index is 0.344. The largest absolute Gasteiger partial charge is 0.327 e. The summed E-state index contributed by atoms with van der Waals surface area (Å²) in [6, 6.07) is -0.444. The molecule has 0 aromatic carbocycles. The van der Waals surface area contributed by atoms with Crippen LogP contribution in [0.1, 0.15) is 13.3 Å². The molecule has 0 spiro atoms. The first kappa shape index (κ1) is 8.87. The number of rotatable bonds is 3. The summed E-state index contributed by atoms with van der Waals surface area (Å²) in [7, 11) is -3.86. The molecule has 0 aliphatic rings. The summed E-state index contributed by atoms with van der Waals surface area (Å²) in [6.45, 7) is 1.76. The van der Waals surface area contributed by atoms with Crippen molar-refractivity contribution in [1.29, 1.82) is 0 Å². The van der Waals surface area contributed by atoms with Crippen molar-refractivity contribution in [2.45, 2.75) is 19.4 Å². The van der Waals surface area contributed by atoms with Gasteiger partial charge in [-0.15, -0.1) is 0 Å².